The van der Waals surface area contributed by atoms with Crippen LogP contribution in [0.2, 0.25) is 0 Å². The van der Waals surface area contributed by atoms with E-state index in [0.29, 0.717) is 47.7 Å². The van der Waals surface area contributed by atoms with Crippen LogP contribution in [0.15, 0.2) is 53.6 Å². The molecule has 8 nitrogen and oxygen atoms in total. The lowest BCUT2D eigenvalue weighted by molar-refractivity contribution is 0.0728. The number of benzene rings is 1. The van der Waals surface area contributed by atoms with Gasteiger partial charge in [-0.1, -0.05) is 17.7 Å². The van der Waals surface area contributed by atoms with Crippen LogP contribution in [0.5, 0.6) is 0 Å². The van der Waals surface area contributed by atoms with Crippen molar-refractivity contribution in [3.63, 3.8) is 0 Å². The standard InChI is InChI=1S/C25H25N5O3/c1-16-4-6-17(7-5-16)25(33)30-13-2-3-21(30)22-27-20-15-29(14-10-19(20)23(31)28-22)24(32)18-8-11-26-12-9-18/h4-9,11-12,21H,2-3,10,13-15H2,1H3,(H,27,28,31)/t21-/m1/s1. The van der Waals surface area contributed by atoms with E-state index in [9.17, 15) is 14.4 Å². The molecule has 0 spiro atoms. The average Bonchev–Trinajstić information content (AvgIpc) is 3.34. The molecule has 4 heterocycles. The normalized spacial score (nSPS) is 17.7. The second-order valence-corrected chi connectivity index (χ2v) is 8.61. The van der Waals surface area contributed by atoms with Gasteiger partial charge in [0.05, 0.1) is 18.3 Å². The summed E-state index contributed by atoms with van der Waals surface area (Å²) in [6.07, 6.45) is 5.21. The molecule has 0 bridgehead atoms. The number of rotatable bonds is 3. The third kappa shape index (κ3) is 4.04. The quantitative estimate of drug-likeness (QED) is 0.671. The smallest absolute Gasteiger partial charge is 0.254 e. The number of nitrogens with one attached hydrogen (secondary N) is 1. The molecule has 0 saturated carbocycles. The molecule has 3 aromatic rings. The van der Waals surface area contributed by atoms with Crippen molar-refractivity contribution in [1.82, 2.24) is 24.8 Å². The number of carbonyl (C=O) groups excluding carboxylic acids is 2. The molecule has 0 radical (unpaired) electrons. The third-order valence-corrected chi connectivity index (χ3v) is 6.43. The van der Waals surface area contributed by atoms with Crippen LogP contribution in [0.4, 0.5) is 0 Å². The molecule has 2 aromatic heterocycles. The number of pyridine rings is 1. The molecule has 1 saturated heterocycles. The van der Waals surface area contributed by atoms with Crippen molar-refractivity contribution in [3.05, 3.63) is 92.9 Å². The minimum atomic E-state index is -0.289. The predicted molar refractivity (Wildman–Crippen MR) is 122 cm³/mol. The fraction of sp³-hybridized carbons (Fsp3) is 0.320. The Morgan fingerprint density at radius 2 is 1.73 bits per heavy atom. The summed E-state index contributed by atoms with van der Waals surface area (Å²) in [7, 11) is 0. The molecule has 2 aliphatic heterocycles. The molecule has 1 N–H and O–H groups in total. The van der Waals surface area contributed by atoms with Gasteiger partial charge in [0, 0.05) is 42.2 Å². The number of aromatic nitrogens is 3. The molecule has 0 unspecified atom stereocenters. The SMILES string of the molecule is Cc1ccc(C(=O)N2CCC[C@@H]2c2nc3c(c(=O)[nH]2)CCN(C(=O)c2ccncc2)C3)cc1. The van der Waals surface area contributed by atoms with Gasteiger partial charge in [-0.3, -0.25) is 19.4 Å². The topological polar surface area (TPSA) is 99.3 Å². The van der Waals surface area contributed by atoms with Gasteiger partial charge in [-0.05, 0) is 50.5 Å². The Kier molecular flexibility index (Phi) is 5.50. The number of fused-ring (bicyclic) bond motifs is 1. The van der Waals surface area contributed by atoms with E-state index in [4.69, 9.17) is 4.98 Å². The van der Waals surface area contributed by atoms with Gasteiger partial charge in [-0.25, -0.2) is 4.98 Å². The van der Waals surface area contributed by atoms with Crippen molar-refractivity contribution in [1.29, 1.82) is 0 Å². The highest BCUT2D eigenvalue weighted by molar-refractivity contribution is 5.95. The minimum absolute atomic E-state index is 0.0626. The number of nitrogens with zero attached hydrogens (tertiary/aromatic N) is 4. The Labute approximate surface area is 191 Å². The van der Waals surface area contributed by atoms with Gasteiger partial charge < -0.3 is 14.8 Å². The molecule has 168 valence electrons. The first kappa shape index (κ1) is 21.1. The summed E-state index contributed by atoms with van der Waals surface area (Å²) in [6, 6.07) is 10.6. The maximum absolute atomic E-state index is 13.2. The molecule has 2 amide bonds. The summed E-state index contributed by atoms with van der Waals surface area (Å²) >= 11 is 0. The highest BCUT2D eigenvalue weighted by Gasteiger charge is 2.34. The van der Waals surface area contributed by atoms with E-state index in [0.717, 1.165) is 18.4 Å². The monoisotopic (exact) mass is 443 g/mol. The molecular weight excluding hydrogens is 418 g/mol. The molecule has 8 heteroatoms. The summed E-state index contributed by atoms with van der Waals surface area (Å²) in [5.74, 6) is 0.325. The number of aryl methyl sites for hydroxylation is 1. The van der Waals surface area contributed by atoms with Crippen molar-refractivity contribution < 1.29 is 9.59 Å². The summed E-state index contributed by atoms with van der Waals surface area (Å²) < 4.78 is 0. The second kappa shape index (κ2) is 8.61. The molecular formula is C25H25N5O3. The third-order valence-electron chi connectivity index (χ3n) is 6.43. The van der Waals surface area contributed by atoms with Gasteiger partial charge in [0.25, 0.3) is 17.4 Å². The highest BCUT2D eigenvalue weighted by atomic mass is 16.2. The van der Waals surface area contributed by atoms with Gasteiger partial charge in [0.1, 0.15) is 5.82 Å². The minimum Gasteiger partial charge on any atom is -0.332 e. The Morgan fingerprint density at radius 1 is 1.00 bits per heavy atom. The van der Waals surface area contributed by atoms with Gasteiger partial charge >= 0.3 is 0 Å². The first-order valence-corrected chi connectivity index (χ1v) is 11.2. The van der Waals surface area contributed by atoms with Crippen LogP contribution in [-0.2, 0) is 13.0 Å². The van der Waals surface area contributed by atoms with Gasteiger partial charge in [0.15, 0.2) is 0 Å². The van der Waals surface area contributed by atoms with Crippen LogP contribution in [0.3, 0.4) is 0 Å². The van der Waals surface area contributed by atoms with Crippen LogP contribution in [0.1, 0.15) is 62.2 Å². The molecule has 0 aliphatic carbocycles. The van der Waals surface area contributed by atoms with Gasteiger partial charge in [-0.15, -0.1) is 0 Å². The van der Waals surface area contributed by atoms with Crippen LogP contribution >= 0.6 is 0 Å². The Bertz CT molecular complexity index is 1250. The predicted octanol–water partition coefficient (Wildman–Crippen LogP) is 2.65. The molecule has 5 rings (SSSR count). The largest absolute Gasteiger partial charge is 0.332 e. The van der Waals surface area contributed by atoms with E-state index in [2.05, 4.69) is 9.97 Å². The molecule has 33 heavy (non-hydrogen) atoms. The maximum Gasteiger partial charge on any atom is 0.254 e. The van der Waals surface area contributed by atoms with E-state index in [1.54, 1.807) is 34.3 Å². The van der Waals surface area contributed by atoms with Crippen molar-refractivity contribution in [2.45, 2.75) is 38.8 Å². The van der Waals surface area contributed by atoms with E-state index in [1.165, 1.54) is 0 Å². The first-order chi connectivity index (χ1) is 16.0. The second-order valence-electron chi connectivity index (χ2n) is 8.61. The number of carbonyl (C=O) groups is 2. The lowest BCUT2D eigenvalue weighted by atomic mass is 10.0. The summed E-state index contributed by atoms with van der Waals surface area (Å²) in [6.45, 7) is 3.33. The number of aromatic amines is 1. The van der Waals surface area contributed by atoms with Crippen molar-refractivity contribution >= 4 is 11.8 Å². The molecule has 1 fully saturated rings. The highest BCUT2D eigenvalue weighted by Crippen LogP contribution is 2.31. The number of hydrogen-bond acceptors (Lipinski definition) is 5. The van der Waals surface area contributed by atoms with E-state index in [-0.39, 0.29) is 30.0 Å². The Morgan fingerprint density at radius 3 is 2.48 bits per heavy atom. The number of hydrogen-bond donors (Lipinski definition) is 1. The van der Waals surface area contributed by atoms with Crippen LogP contribution in [0.25, 0.3) is 0 Å². The zero-order chi connectivity index (χ0) is 22.9. The lowest BCUT2D eigenvalue weighted by Gasteiger charge is -2.29. The lowest BCUT2D eigenvalue weighted by Crippen LogP contribution is -2.40. The summed E-state index contributed by atoms with van der Waals surface area (Å²) in [4.78, 5) is 54.1. The number of likely N-dealkylation sites (tertiary alicyclic amines) is 1. The van der Waals surface area contributed by atoms with Crippen LogP contribution < -0.4 is 5.56 Å². The Balaban J connectivity index is 1.41. The number of amides is 2. The van der Waals surface area contributed by atoms with Crippen LogP contribution in [0, 0.1) is 6.92 Å². The van der Waals surface area contributed by atoms with Crippen molar-refractivity contribution in [2.24, 2.45) is 0 Å². The maximum atomic E-state index is 13.2. The Hall–Kier alpha value is -3.81. The van der Waals surface area contributed by atoms with Gasteiger partial charge in [0.2, 0.25) is 0 Å². The fourth-order valence-corrected chi connectivity index (χ4v) is 4.62. The summed E-state index contributed by atoms with van der Waals surface area (Å²) in [5, 5.41) is 0. The van der Waals surface area contributed by atoms with E-state index in [1.807, 2.05) is 31.2 Å². The average molecular weight is 444 g/mol. The zero-order valence-corrected chi connectivity index (χ0v) is 18.5. The molecule has 2 aliphatic rings. The first-order valence-electron chi connectivity index (χ1n) is 11.2. The number of H-pyrrole nitrogens is 1. The van der Waals surface area contributed by atoms with Gasteiger partial charge in [-0.2, -0.15) is 0 Å². The van der Waals surface area contributed by atoms with Crippen molar-refractivity contribution in [2.75, 3.05) is 13.1 Å². The summed E-state index contributed by atoms with van der Waals surface area (Å²) in [5.41, 5.74) is 3.33. The molecule has 1 aromatic carbocycles. The zero-order valence-electron chi connectivity index (χ0n) is 18.5. The fourth-order valence-electron chi connectivity index (χ4n) is 4.62. The van der Waals surface area contributed by atoms with Crippen LogP contribution in [-0.4, -0.2) is 49.7 Å². The van der Waals surface area contributed by atoms with E-state index >= 15 is 0 Å². The van der Waals surface area contributed by atoms with E-state index < -0.39 is 0 Å². The molecule has 1 atom stereocenters. The van der Waals surface area contributed by atoms with Crippen molar-refractivity contribution in [3.8, 4) is 0 Å².